The van der Waals surface area contributed by atoms with Crippen molar-refractivity contribution in [3.8, 4) is 17.2 Å². The Hall–Kier alpha value is -1.66. The van der Waals surface area contributed by atoms with E-state index < -0.39 is 17.4 Å². The molecule has 7 heteroatoms. The number of ether oxygens (including phenoxy) is 1. The number of benzene rings is 1. The zero-order valence-electron chi connectivity index (χ0n) is 13.9. The van der Waals surface area contributed by atoms with Gasteiger partial charge in [-0.05, 0) is 44.5 Å². The van der Waals surface area contributed by atoms with Crippen LogP contribution < -0.4 is 4.74 Å². The Morgan fingerprint density at radius 3 is 2.56 bits per heavy atom. The van der Waals surface area contributed by atoms with Gasteiger partial charge >= 0.3 is 0 Å². The van der Waals surface area contributed by atoms with Crippen LogP contribution in [0.5, 0.6) is 5.75 Å². The molecule has 0 amide bonds. The zero-order valence-corrected chi connectivity index (χ0v) is 14.7. The van der Waals surface area contributed by atoms with Crippen LogP contribution in [0.25, 0.3) is 11.5 Å². The van der Waals surface area contributed by atoms with Crippen molar-refractivity contribution in [3.63, 3.8) is 0 Å². The lowest BCUT2D eigenvalue weighted by molar-refractivity contribution is 0.218. The molecular weight excluding hydrogens is 350 g/mol. The van der Waals surface area contributed by atoms with E-state index in [1.54, 1.807) is 6.26 Å². The van der Waals surface area contributed by atoms with Crippen LogP contribution in [-0.4, -0.2) is 35.5 Å². The topological polar surface area (TPSA) is 38.5 Å². The van der Waals surface area contributed by atoms with Gasteiger partial charge in [0.2, 0.25) is 5.89 Å². The molecule has 1 aliphatic heterocycles. The van der Waals surface area contributed by atoms with Crippen molar-refractivity contribution in [2.24, 2.45) is 0 Å². The molecule has 0 atom stereocenters. The minimum atomic E-state index is -0.777. The number of piperidine rings is 1. The fraction of sp³-hybridized carbons (Fsp3) is 0.500. The van der Waals surface area contributed by atoms with Crippen molar-refractivity contribution in [3.05, 3.63) is 35.7 Å². The zero-order chi connectivity index (χ0) is 17.6. The van der Waals surface area contributed by atoms with Crippen LogP contribution >= 0.6 is 11.6 Å². The number of hydrogen-bond acceptors (Lipinski definition) is 4. The molecule has 0 bridgehead atoms. The maximum absolute atomic E-state index is 14.1. The van der Waals surface area contributed by atoms with Gasteiger partial charge in [0.15, 0.2) is 17.4 Å². The summed E-state index contributed by atoms with van der Waals surface area (Å²) in [6.45, 7) is 2.93. The average Bonchev–Trinajstić information content (AvgIpc) is 3.06. The Bertz CT molecular complexity index is 679. The second-order valence-electron chi connectivity index (χ2n) is 6.14. The number of likely N-dealkylation sites (tertiary alicyclic amines) is 1. The van der Waals surface area contributed by atoms with E-state index in [0.29, 0.717) is 18.8 Å². The van der Waals surface area contributed by atoms with E-state index in [9.17, 15) is 8.78 Å². The molecule has 1 aromatic heterocycles. The Labute approximate surface area is 150 Å². The van der Waals surface area contributed by atoms with Crippen LogP contribution in [0.1, 0.15) is 31.4 Å². The largest absolute Gasteiger partial charge is 0.488 e. The molecule has 0 N–H and O–H groups in total. The van der Waals surface area contributed by atoms with Crippen LogP contribution in [0.4, 0.5) is 8.78 Å². The summed E-state index contributed by atoms with van der Waals surface area (Å²) in [5.41, 5.74) is 1.02. The van der Waals surface area contributed by atoms with Gasteiger partial charge in [-0.3, -0.25) is 4.90 Å². The summed E-state index contributed by atoms with van der Waals surface area (Å²) in [7, 11) is 0. The third-order valence-corrected chi connectivity index (χ3v) is 4.42. The minimum absolute atomic E-state index is 0.162. The maximum Gasteiger partial charge on any atom is 0.226 e. The van der Waals surface area contributed by atoms with Gasteiger partial charge < -0.3 is 9.15 Å². The molecule has 1 aromatic carbocycles. The number of nitrogens with zero attached hydrogens (tertiary/aromatic N) is 2. The number of rotatable bonds is 7. The lowest BCUT2D eigenvalue weighted by Crippen LogP contribution is -2.29. The predicted molar refractivity (Wildman–Crippen MR) is 91.8 cm³/mol. The molecule has 2 heterocycles. The van der Waals surface area contributed by atoms with Gasteiger partial charge in [-0.1, -0.05) is 6.42 Å². The van der Waals surface area contributed by atoms with Crippen LogP contribution in [0.2, 0.25) is 0 Å². The highest BCUT2D eigenvalue weighted by molar-refractivity contribution is 6.17. The monoisotopic (exact) mass is 370 g/mol. The molecule has 0 aliphatic carbocycles. The predicted octanol–water partition coefficient (Wildman–Crippen LogP) is 4.61. The number of halogens is 3. The first-order valence-corrected chi connectivity index (χ1v) is 9.06. The highest BCUT2D eigenvalue weighted by Gasteiger charge is 2.18. The van der Waals surface area contributed by atoms with E-state index in [0.717, 1.165) is 18.8 Å². The van der Waals surface area contributed by atoms with Crippen LogP contribution in [0.3, 0.4) is 0 Å². The summed E-state index contributed by atoms with van der Waals surface area (Å²) in [5, 5.41) is 0. The van der Waals surface area contributed by atoms with Gasteiger partial charge in [-0.2, -0.15) is 0 Å². The van der Waals surface area contributed by atoms with Crippen LogP contribution in [-0.2, 0) is 6.54 Å². The summed E-state index contributed by atoms with van der Waals surface area (Å²) >= 11 is 5.53. The van der Waals surface area contributed by atoms with Crippen LogP contribution in [0, 0.1) is 11.6 Å². The van der Waals surface area contributed by atoms with Crippen molar-refractivity contribution in [1.82, 2.24) is 9.88 Å². The standard InChI is InChI=1S/C18H21ClF2N2O2/c19-5-4-8-24-17-15(20)9-13(10-16(17)21)18-22-14(12-25-18)11-23-6-2-1-3-7-23/h9-10,12H,1-8,11H2. The minimum Gasteiger partial charge on any atom is -0.488 e. The van der Waals surface area contributed by atoms with Crippen molar-refractivity contribution in [2.75, 3.05) is 25.6 Å². The molecule has 0 spiro atoms. The lowest BCUT2D eigenvalue weighted by Gasteiger charge is -2.25. The molecule has 1 aliphatic rings. The summed E-state index contributed by atoms with van der Waals surface area (Å²) in [6.07, 6.45) is 5.70. The first-order chi connectivity index (χ1) is 12.2. The van der Waals surface area contributed by atoms with E-state index in [2.05, 4.69) is 9.88 Å². The Morgan fingerprint density at radius 2 is 1.88 bits per heavy atom. The molecule has 0 saturated carbocycles. The smallest absolute Gasteiger partial charge is 0.226 e. The molecule has 1 saturated heterocycles. The molecule has 0 unspecified atom stereocenters. The van der Waals surface area contributed by atoms with Gasteiger partial charge in [0.1, 0.15) is 6.26 Å². The average molecular weight is 371 g/mol. The Kier molecular flexibility index (Phi) is 6.26. The molecule has 3 rings (SSSR count). The summed E-state index contributed by atoms with van der Waals surface area (Å²) in [6, 6.07) is 2.35. The lowest BCUT2D eigenvalue weighted by atomic mass is 10.1. The van der Waals surface area contributed by atoms with Gasteiger partial charge in [0.25, 0.3) is 0 Å². The summed E-state index contributed by atoms with van der Waals surface area (Å²) < 4.78 is 38.8. The highest BCUT2D eigenvalue weighted by Crippen LogP contribution is 2.29. The molecule has 4 nitrogen and oxygen atoms in total. The normalized spacial score (nSPS) is 15.5. The SMILES string of the molecule is Fc1cc(-c2nc(CN3CCCCC3)co2)cc(F)c1OCCCCl. The maximum atomic E-state index is 14.1. The Morgan fingerprint density at radius 1 is 1.16 bits per heavy atom. The van der Waals surface area contributed by atoms with Crippen molar-refractivity contribution in [2.45, 2.75) is 32.2 Å². The number of aromatic nitrogens is 1. The first-order valence-electron chi connectivity index (χ1n) is 8.52. The van der Waals surface area contributed by atoms with Gasteiger partial charge in [0, 0.05) is 18.0 Å². The summed E-state index contributed by atoms with van der Waals surface area (Å²) in [5.74, 6) is -1.37. The fourth-order valence-electron chi connectivity index (χ4n) is 2.91. The molecule has 2 aromatic rings. The van der Waals surface area contributed by atoms with E-state index >= 15 is 0 Å². The summed E-state index contributed by atoms with van der Waals surface area (Å²) in [4.78, 5) is 6.67. The van der Waals surface area contributed by atoms with E-state index in [4.69, 9.17) is 20.8 Å². The van der Waals surface area contributed by atoms with Gasteiger partial charge in [-0.15, -0.1) is 11.6 Å². The highest BCUT2D eigenvalue weighted by atomic mass is 35.5. The van der Waals surface area contributed by atoms with Crippen molar-refractivity contribution in [1.29, 1.82) is 0 Å². The van der Waals surface area contributed by atoms with E-state index in [-0.39, 0.29) is 18.1 Å². The quantitative estimate of drug-likeness (QED) is 0.527. The van der Waals surface area contributed by atoms with Crippen molar-refractivity contribution >= 4 is 11.6 Å². The second-order valence-corrected chi connectivity index (χ2v) is 6.52. The fourth-order valence-corrected chi connectivity index (χ4v) is 3.02. The molecule has 0 radical (unpaired) electrons. The van der Waals surface area contributed by atoms with Crippen LogP contribution in [0.15, 0.2) is 22.8 Å². The van der Waals surface area contributed by atoms with Gasteiger partial charge in [-0.25, -0.2) is 13.8 Å². The number of alkyl halides is 1. The van der Waals surface area contributed by atoms with E-state index in [1.807, 2.05) is 0 Å². The number of hydrogen-bond donors (Lipinski definition) is 0. The first kappa shape index (κ1) is 18.1. The van der Waals surface area contributed by atoms with Gasteiger partial charge in [0.05, 0.1) is 12.3 Å². The van der Waals surface area contributed by atoms with E-state index in [1.165, 1.54) is 31.4 Å². The third-order valence-electron chi connectivity index (χ3n) is 4.16. The molecular formula is C18H21ClF2N2O2. The molecule has 25 heavy (non-hydrogen) atoms. The molecule has 136 valence electrons. The second kappa shape index (κ2) is 8.63. The number of oxazole rings is 1. The van der Waals surface area contributed by atoms with Crippen molar-refractivity contribution < 1.29 is 17.9 Å². The third kappa shape index (κ3) is 4.70. The Balaban J connectivity index is 1.71. The molecule has 1 fully saturated rings.